The molecule has 6 nitrogen and oxygen atoms in total. The highest BCUT2D eigenvalue weighted by molar-refractivity contribution is 5.79. The smallest absolute Gasteiger partial charge is 0.191 e. The zero-order chi connectivity index (χ0) is 14.5. The van der Waals surface area contributed by atoms with Gasteiger partial charge in [-0.25, -0.2) is 0 Å². The first-order chi connectivity index (χ1) is 9.10. The second kappa shape index (κ2) is 12.2. The lowest BCUT2D eigenvalue weighted by Crippen LogP contribution is -2.39. The number of rotatable bonds is 10. The Labute approximate surface area is 116 Å². The maximum Gasteiger partial charge on any atom is 0.191 e. The molecule has 19 heavy (non-hydrogen) atoms. The molecule has 0 aliphatic rings. The molecule has 1 atom stereocenters. The Morgan fingerprint density at radius 1 is 1.26 bits per heavy atom. The number of guanidine groups is 1. The molecule has 0 radical (unpaired) electrons. The summed E-state index contributed by atoms with van der Waals surface area (Å²) >= 11 is 0. The molecule has 0 amide bonds. The number of aliphatic hydroxyl groups excluding tert-OH is 1. The van der Waals surface area contributed by atoms with Gasteiger partial charge in [-0.2, -0.15) is 0 Å². The monoisotopic (exact) mass is 275 g/mol. The van der Waals surface area contributed by atoms with E-state index in [0.29, 0.717) is 44.8 Å². The molecule has 0 aliphatic heterocycles. The lowest BCUT2D eigenvalue weighted by atomic mass is 10.2. The summed E-state index contributed by atoms with van der Waals surface area (Å²) in [5, 5.41) is 16.0. The summed E-state index contributed by atoms with van der Waals surface area (Å²) in [6, 6.07) is 0. The van der Waals surface area contributed by atoms with Gasteiger partial charge in [-0.05, 0) is 12.8 Å². The fourth-order valence-electron chi connectivity index (χ4n) is 1.30. The van der Waals surface area contributed by atoms with E-state index in [2.05, 4.69) is 29.5 Å². The van der Waals surface area contributed by atoms with Crippen LogP contribution in [0, 0.1) is 5.92 Å². The Morgan fingerprint density at radius 3 is 2.58 bits per heavy atom. The van der Waals surface area contributed by atoms with Crippen molar-refractivity contribution >= 4 is 5.96 Å². The summed E-state index contributed by atoms with van der Waals surface area (Å²) < 4.78 is 10.3. The van der Waals surface area contributed by atoms with E-state index in [4.69, 9.17) is 9.47 Å². The van der Waals surface area contributed by atoms with Gasteiger partial charge in [0.25, 0.3) is 0 Å². The summed E-state index contributed by atoms with van der Waals surface area (Å²) in [6.07, 6.45) is -0.573. The van der Waals surface area contributed by atoms with Crippen molar-refractivity contribution in [1.82, 2.24) is 10.6 Å². The van der Waals surface area contributed by atoms with E-state index < -0.39 is 6.10 Å². The van der Waals surface area contributed by atoms with E-state index in [0.717, 1.165) is 6.54 Å². The molecule has 0 saturated carbocycles. The van der Waals surface area contributed by atoms with Gasteiger partial charge in [-0.3, -0.25) is 4.99 Å². The summed E-state index contributed by atoms with van der Waals surface area (Å²) in [5.74, 6) is 1.16. The predicted octanol–water partition coefficient (Wildman–Crippen LogP) is 0.221. The third-order valence-electron chi connectivity index (χ3n) is 2.16. The van der Waals surface area contributed by atoms with Crippen LogP contribution in [-0.4, -0.2) is 63.7 Å². The van der Waals surface area contributed by atoms with Gasteiger partial charge in [0, 0.05) is 26.8 Å². The van der Waals surface area contributed by atoms with Crippen LogP contribution in [0.5, 0.6) is 0 Å². The van der Waals surface area contributed by atoms with Gasteiger partial charge in [0.1, 0.15) is 0 Å². The molecule has 0 saturated heterocycles. The van der Waals surface area contributed by atoms with Gasteiger partial charge < -0.3 is 25.2 Å². The van der Waals surface area contributed by atoms with Gasteiger partial charge in [0.2, 0.25) is 0 Å². The minimum absolute atomic E-state index is 0.319. The van der Waals surface area contributed by atoms with Crippen LogP contribution in [0.3, 0.4) is 0 Å². The van der Waals surface area contributed by atoms with Gasteiger partial charge in [-0.1, -0.05) is 13.8 Å². The van der Waals surface area contributed by atoms with E-state index in [1.807, 2.05) is 6.92 Å². The molecule has 6 heteroatoms. The fourth-order valence-corrected chi connectivity index (χ4v) is 1.30. The normalized spacial score (nSPS) is 13.7. The Morgan fingerprint density at radius 2 is 2.00 bits per heavy atom. The second-order valence-electron chi connectivity index (χ2n) is 4.72. The van der Waals surface area contributed by atoms with Crippen LogP contribution < -0.4 is 10.6 Å². The highest BCUT2D eigenvalue weighted by Gasteiger charge is 2.05. The Balaban J connectivity index is 3.91. The minimum Gasteiger partial charge on any atom is -0.389 e. The molecule has 3 N–H and O–H groups in total. The number of aliphatic hydroxyl groups is 1. The molecule has 0 fully saturated rings. The van der Waals surface area contributed by atoms with Crippen molar-refractivity contribution in [2.45, 2.75) is 26.9 Å². The van der Waals surface area contributed by atoms with Crippen molar-refractivity contribution in [3.8, 4) is 0 Å². The molecule has 0 rings (SSSR count). The zero-order valence-corrected chi connectivity index (χ0v) is 12.6. The molecular formula is C13H29N3O3. The number of aliphatic imine (C=N–C) groups is 1. The summed E-state index contributed by atoms with van der Waals surface area (Å²) in [6.45, 7) is 9.52. The number of ether oxygens (including phenoxy) is 2. The van der Waals surface area contributed by atoms with Crippen LogP contribution >= 0.6 is 0 Å². The highest BCUT2D eigenvalue weighted by Crippen LogP contribution is 1.94. The maximum absolute atomic E-state index is 9.74. The lowest BCUT2D eigenvalue weighted by Gasteiger charge is -2.13. The SMILES string of the molecule is CCNC(=NCC(O)COCC(C)C)NCCOC. The standard InChI is InChI=1S/C13H29N3O3/c1-5-14-13(15-6-7-18-4)16-8-12(17)10-19-9-11(2)3/h11-12,17H,5-10H2,1-4H3,(H2,14,15,16). The van der Waals surface area contributed by atoms with Gasteiger partial charge in [0.05, 0.1) is 25.9 Å². The molecular weight excluding hydrogens is 246 g/mol. The first-order valence-electron chi connectivity index (χ1n) is 6.87. The van der Waals surface area contributed by atoms with Crippen LogP contribution in [0.15, 0.2) is 4.99 Å². The zero-order valence-electron chi connectivity index (χ0n) is 12.6. The van der Waals surface area contributed by atoms with Crippen LogP contribution in [0.2, 0.25) is 0 Å². The van der Waals surface area contributed by atoms with E-state index in [9.17, 15) is 5.11 Å². The van der Waals surface area contributed by atoms with Crippen molar-refractivity contribution in [3.63, 3.8) is 0 Å². The molecule has 0 spiro atoms. The predicted molar refractivity (Wildman–Crippen MR) is 77.5 cm³/mol. The first kappa shape index (κ1) is 18.1. The van der Waals surface area contributed by atoms with Crippen molar-refractivity contribution in [2.24, 2.45) is 10.9 Å². The van der Waals surface area contributed by atoms with Crippen molar-refractivity contribution in [3.05, 3.63) is 0 Å². The molecule has 0 aromatic heterocycles. The first-order valence-corrected chi connectivity index (χ1v) is 6.87. The average Bonchev–Trinajstić information content (AvgIpc) is 2.35. The molecule has 0 bridgehead atoms. The third kappa shape index (κ3) is 11.9. The molecule has 0 aliphatic carbocycles. The fraction of sp³-hybridized carbons (Fsp3) is 0.923. The second-order valence-corrected chi connectivity index (χ2v) is 4.72. The number of methoxy groups -OCH3 is 1. The molecule has 0 heterocycles. The minimum atomic E-state index is -0.573. The average molecular weight is 275 g/mol. The van der Waals surface area contributed by atoms with Crippen molar-refractivity contribution < 1.29 is 14.6 Å². The van der Waals surface area contributed by atoms with Gasteiger partial charge >= 0.3 is 0 Å². The Hall–Kier alpha value is -0.850. The van der Waals surface area contributed by atoms with Crippen LogP contribution in [0.4, 0.5) is 0 Å². The quantitative estimate of drug-likeness (QED) is 0.302. The van der Waals surface area contributed by atoms with E-state index in [1.54, 1.807) is 7.11 Å². The molecule has 114 valence electrons. The topological polar surface area (TPSA) is 75.1 Å². The number of hydrogen-bond donors (Lipinski definition) is 3. The van der Waals surface area contributed by atoms with Gasteiger partial charge in [-0.15, -0.1) is 0 Å². The summed E-state index contributed by atoms with van der Waals surface area (Å²) in [4.78, 5) is 4.29. The van der Waals surface area contributed by atoms with Crippen molar-refractivity contribution in [2.75, 3.05) is 46.6 Å². The van der Waals surface area contributed by atoms with E-state index in [-0.39, 0.29) is 0 Å². The highest BCUT2D eigenvalue weighted by atomic mass is 16.5. The number of hydrogen-bond acceptors (Lipinski definition) is 4. The molecule has 0 aromatic carbocycles. The Kier molecular flexibility index (Phi) is 11.7. The number of nitrogens with zero attached hydrogens (tertiary/aromatic N) is 1. The lowest BCUT2D eigenvalue weighted by molar-refractivity contribution is 0.0301. The molecule has 1 unspecified atom stereocenters. The summed E-state index contributed by atoms with van der Waals surface area (Å²) in [7, 11) is 1.65. The van der Waals surface area contributed by atoms with E-state index in [1.165, 1.54) is 0 Å². The molecule has 0 aromatic rings. The largest absolute Gasteiger partial charge is 0.389 e. The number of nitrogens with one attached hydrogen (secondary N) is 2. The van der Waals surface area contributed by atoms with Crippen molar-refractivity contribution in [1.29, 1.82) is 0 Å². The summed E-state index contributed by atoms with van der Waals surface area (Å²) in [5.41, 5.74) is 0. The third-order valence-corrected chi connectivity index (χ3v) is 2.16. The van der Waals surface area contributed by atoms with Crippen LogP contribution in [0.25, 0.3) is 0 Å². The van der Waals surface area contributed by atoms with Crippen LogP contribution in [-0.2, 0) is 9.47 Å². The maximum atomic E-state index is 9.74. The van der Waals surface area contributed by atoms with E-state index >= 15 is 0 Å². The van der Waals surface area contributed by atoms with Crippen LogP contribution in [0.1, 0.15) is 20.8 Å². The Bertz CT molecular complexity index is 235. The van der Waals surface area contributed by atoms with Gasteiger partial charge in [0.15, 0.2) is 5.96 Å².